The zero-order chi connectivity index (χ0) is 17.9. The van der Waals surface area contributed by atoms with E-state index in [2.05, 4.69) is 9.97 Å². The topological polar surface area (TPSA) is 165 Å². The molecule has 2 aromatic rings. The maximum Gasteiger partial charge on any atom is 0.373 e. The fourth-order valence-electron chi connectivity index (χ4n) is 1.72. The second-order valence-electron chi connectivity index (χ2n) is 4.24. The van der Waals surface area contributed by atoms with Gasteiger partial charge in [-0.15, -0.1) is 0 Å². The number of nitro groups is 1. The van der Waals surface area contributed by atoms with E-state index in [0.29, 0.717) is 0 Å². The number of thioether (sulfide) groups is 1. The van der Waals surface area contributed by atoms with Crippen LogP contribution in [0.3, 0.4) is 0 Å². The van der Waals surface area contributed by atoms with Gasteiger partial charge in [0, 0.05) is 0 Å². The van der Waals surface area contributed by atoms with Crippen molar-refractivity contribution < 1.29 is 19.6 Å². The molecule has 1 heterocycles. The molecule has 0 aliphatic rings. The van der Waals surface area contributed by atoms with E-state index in [1.54, 1.807) is 6.26 Å². The van der Waals surface area contributed by atoms with E-state index in [1.165, 1.54) is 6.07 Å². The number of carboxylic acid groups (broad SMARTS) is 1. The molecule has 10 nitrogen and oxygen atoms in total. The molecule has 0 fully saturated rings. The number of hydrogen-bond donors (Lipinski definition) is 2. The van der Waals surface area contributed by atoms with Crippen LogP contribution in [0.5, 0.6) is 11.6 Å². The van der Waals surface area contributed by atoms with E-state index in [1.807, 2.05) is 6.07 Å². The summed E-state index contributed by atoms with van der Waals surface area (Å²) in [6, 6.07) is 5.40. The van der Waals surface area contributed by atoms with Crippen LogP contribution in [0.15, 0.2) is 23.4 Å². The molecule has 0 bridgehead atoms. The van der Waals surface area contributed by atoms with Gasteiger partial charge in [0.05, 0.1) is 16.6 Å². The first-order valence-corrected chi connectivity index (χ1v) is 7.41. The number of nitriles is 1. The van der Waals surface area contributed by atoms with E-state index in [9.17, 15) is 20.0 Å². The third-order valence-electron chi connectivity index (χ3n) is 2.77. The molecule has 0 aliphatic heterocycles. The van der Waals surface area contributed by atoms with Crippen molar-refractivity contribution in [3.8, 4) is 17.7 Å². The fraction of sp³-hybridized carbons (Fsp3) is 0.0769. The summed E-state index contributed by atoms with van der Waals surface area (Å²) in [5, 5.41) is 29.4. The number of rotatable bonds is 5. The summed E-state index contributed by atoms with van der Waals surface area (Å²) in [6.07, 6.45) is 1.63. The number of nitrogen functional groups attached to an aromatic ring is 1. The SMILES string of the molecule is CSc1nc(N)c([N+](=O)[O-])c(Oc2cc(C#N)ccc2C(=O)O)n1. The maximum absolute atomic E-state index is 11.3. The monoisotopic (exact) mass is 347 g/mol. The summed E-state index contributed by atoms with van der Waals surface area (Å²) < 4.78 is 5.31. The lowest BCUT2D eigenvalue weighted by atomic mass is 10.1. The van der Waals surface area contributed by atoms with Crippen molar-refractivity contribution in [2.45, 2.75) is 5.16 Å². The van der Waals surface area contributed by atoms with Crippen LogP contribution in [0.4, 0.5) is 11.5 Å². The van der Waals surface area contributed by atoms with Gasteiger partial charge in [-0.05, 0) is 24.5 Å². The largest absolute Gasteiger partial charge is 0.478 e. The second-order valence-corrected chi connectivity index (χ2v) is 5.01. The first-order valence-electron chi connectivity index (χ1n) is 6.18. The summed E-state index contributed by atoms with van der Waals surface area (Å²) in [7, 11) is 0. The molecule has 3 N–H and O–H groups in total. The van der Waals surface area contributed by atoms with Crippen molar-refractivity contribution in [3.63, 3.8) is 0 Å². The van der Waals surface area contributed by atoms with Gasteiger partial charge in [0.15, 0.2) is 5.16 Å². The van der Waals surface area contributed by atoms with E-state index < -0.39 is 28.3 Å². The number of benzene rings is 1. The second kappa shape index (κ2) is 6.80. The Kier molecular flexibility index (Phi) is 4.81. The Morgan fingerprint density at radius 2 is 2.21 bits per heavy atom. The van der Waals surface area contributed by atoms with Crippen molar-refractivity contribution in [3.05, 3.63) is 39.4 Å². The number of carbonyl (C=O) groups is 1. The van der Waals surface area contributed by atoms with Crippen LogP contribution in [0.1, 0.15) is 15.9 Å². The lowest BCUT2D eigenvalue weighted by molar-refractivity contribution is -0.385. The quantitative estimate of drug-likeness (QED) is 0.353. The summed E-state index contributed by atoms with van der Waals surface area (Å²) in [6.45, 7) is 0. The molecular weight excluding hydrogens is 338 g/mol. The number of nitrogens with zero attached hydrogens (tertiary/aromatic N) is 4. The molecule has 0 saturated heterocycles. The minimum Gasteiger partial charge on any atom is -0.478 e. The minimum atomic E-state index is -1.33. The van der Waals surface area contributed by atoms with Crippen molar-refractivity contribution in [2.75, 3.05) is 12.0 Å². The minimum absolute atomic E-state index is 0.112. The number of aromatic nitrogens is 2. The highest BCUT2D eigenvalue weighted by atomic mass is 32.2. The van der Waals surface area contributed by atoms with Crippen molar-refractivity contribution in [1.82, 2.24) is 9.97 Å². The lowest BCUT2D eigenvalue weighted by Crippen LogP contribution is -2.06. The molecule has 0 atom stereocenters. The van der Waals surface area contributed by atoms with Crippen molar-refractivity contribution >= 4 is 29.2 Å². The molecule has 1 aromatic carbocycles. The number of carboxylic acids is 1. The number of nitrogens with two attached hydrogens (primary N) is 1. The van der Waals surface area contributed by atoms with Gasteiger partial charge in [-0.1, -0.05) is 11.8 Å². The number of anilines is 1. The van der Waals surface area contributed by atoms with Gasteiger partial charge >= 0.3 is 17.5 Å². The summed E-state index contributed by atoms with van der Waals surface area (Å²) in [4.78, 5) is 29.2. The molecule has 0 spiro atoms. The van der Waals surface area contributed by atoms with Crippen LogP contribution >= 0.6 is 11.8 Å². The Balaban J connectivity index is 2.63. The van der Waals surface area contributed by atoms with E-state index in [-0.39, 0.29) is 22.0 Å². The smallest absolute Gasteiger partial charge is 0.373 e. The molecule has 24 heavy (non-hydrogen) atoms. The Hall–Kier alpha value is -3.39. The maximum atomic E-state index is 11.3. The Morgan fingerprint density at radius 3 is 2.75 bits per heavy atom. The first-order chi connectivity index (χ1) is 11.4. The molecular formula is C13H9N5O5S. The van der Waals surface area contributed by atoms with Crippen LogP contribution in [-0.2, 0) is 0 Å². The Morgan fingerprint density at radius 1 is 1.50 bits per heavy atom. The van der Waals surface area contributed by atoms with Crippen LogP contribution < -0.4 is 10.5 Å². The molecule has 122 valence electrons. The Bertz CT molecular complexity index is 880. The lowest BCUT2D eigenvalue weighted by Gasteiger charge is -2.10. The fourth-order valence-corrected chi connectivity index (χ4v) is 2.09. The van der Waals surface area contributed by atoms with E-state index in [0.717, 1.165) is 23.9 Å². The third-order valence-corrected chi connectivity index (χ3v) is 3.32. The van der Waals surface area contributed by atoms with Gasteiger partial charge in [0.2, 0.25) is 5.82 Å². The zero-order valence-electron chi connectivity index (χ0n) is 12.1. The zero-order valence-corrected chi connectivity index (χ0v) is 12.9. The molecule has 11 heteroatoms. The predicted octanol–water partition coefficient (Wildman–Crippen LogP) is 2.05. The molecule has 0 amide bonds. The molecule has 0 radical (unpaired) electrons. The van der Waals surface area contributed by atoms with Gasteiger partial charge in [0.25, 0.3) is 0 Å². The summed E-state index contributed by atoms with van der Waals surface area (Å²) in [5.41, 5.74) is 4.69. The highest BCUT2D eigenvalue weighted by Gasteiger charge is 2.26. The highest BCUT2D eigenvalue weighted by molar-refractivity contribution is 7.98. The molecule has 1 aromatic heterocycles. The highest BCUT2D eigenvalue weighted by Crippen LogP contribution is 2.36. The summed E-state index contributed by atoms with van der Waals surface area (Å²) in [5.74, 6) is -2.52. The van der Waals surface area contributed by atoms with Crippen LogP contribution in [0, 0.1) is 21.4 Å². The van der Waals surface area contributed by atoms with Gasteiger partial charge in [0.1, 0.15) is 11.3 Å². The number of hydrogen-bond acceptors (Lipinski definition) is 9. The first kappa shape index (κ1) is 17.0. The third kappa shape index (κ3) is 3.33. The van der Waals surface area contributed by atoms with E-state index in [4.69, 9.17) is 15.7 Å². The molecule has 2 rings (SSSR count). The average Bonchev–Trinajstić information content (AvgIpc) is 2.53. The van der Waals surface area contributed by atoms with Gasteiger partial charge in [-0.25, -0.2) is 4.79 Å². The number of ether oxygens (including phenoxy) is 1. The van der Waals surface area contributed by atoms with Crippen LogP contribution in [-0.4, -0.2) is 32.2 Å². The molecule has 0 aliphatic carbocycles. The average molecular weight is 347 g/mol. The Labute approximate surface area is 139 Å². The van der Waals surface area contributed by atoms with Crippen molar-refractivity contribution in [1.29, 1.82) is 5.26 Å². The standard InChI is InChI=1S/C13H9N5O5S/c1-24-13-16-10(15)9(18(21)22)11(17-13)23-8-4-6(5-14)2-3-7(8)12(19)20/h2-4H,1H3,(H,19,20)(H2,15,16,17). The number of aromatic carboxylic acids is 1. The van der Waals surface area contributed by atoms with Crippen LogP contribution in [0.2, 0.25) is 0 Å². The molecule has 0 unspecified atom stereocenters. The van der Waals surface area contributed by atoms with E-state index >= 15 is 0 Å². The van der Waals surface area contributed by atoms with Gasteiger partial charge < -0.3 is 15.6 Å². The van der Waals surface area contributed by atoms with Gasteiger partial charge in [-0.2, -0.15) is 15.2 Å². The normalized spacial score (nSPS) is 10.0. The van der Waals surface area contributed by atoms with Gasteiger partial charge in [-0.3, -0.25) is 10.1 Å². The molecule has 0 saturated carbocycles. The predicted molar refractivity (Wildman–Crippen MR) is 83.1 cm³/mol. The van der Waals surface area contributed by atoms with Crippen LogP contribution in [0.25, 0.3) is 0 Å². The van der Waals surface area contributed by atoms with Crippen molar-refractivity contribution in [2.24, 2.45) is 0 Å². The summed E-state index contributed by atoms with van der Waals surface area (Å²) >= 11 is 1.07.